The highest BCUT2D eigenvalue weighted by molar-refractivity contribution is 8.77. The van der Waals surface area contributed by atoms with Crippen molar-refractivity contribution >= 4 is 27.6 Å². The van der Waals surface area contributed by atoms with Crippen LogP contribution in [0.2, 0.25) is 0 Å². The van der Waals surface area contributed by atoms with E-state index >= 15 is 0 Å². The molecule has 4 heteroatoms. The minimum absolute atomic E-state index is 0.0271. The number of carbonyl (C=O) groups is 1. The Kier molecular flexibility index (Phi) is 6.57. The molecule has 0 amide bonds. The molecule has 0 aromatic carbocycles. The summed E-state index contributed by atoms with van der Waals surface area (Å²) in [5.41, 5.74) is 0. The molecule has 1 aliphatic heterocycles. The first-order valence-corrected chi connectivity index (χ1v) is 8.04. The summed E-state index contributed by atoms with van der Waals surface area (Å²) in [7, 11) is 3.99. The molecular formula is C11H20O2S2. The number of carbonyl (C=O) groups excluding carboxylic acids is 1. The summed E-state index contributed by atoms with van der Waals surface area (Å²) in [4.78, 5) is 11.2. The molecule has 0 bridgehead atoms. The second-order valence-electron chi connectivity index (χ2n) is 4.11. The molecule has 1 saturated heterocycles. The molecule has 1 rings (SSSR count). The van der Waals surface area contributed by atoms with Crippen LogP contribution in [0.1, 0.15) is 46.0 Å². The van der Waals surface area contributed by atoms with E-state index in [1.54, 1.807) is 0 Å². The predicted molar refractivity (Wildman–Crippen MR) is 68.2 cm³/mol. The summed E-state index contributed by atoms with van der Waals surface area (Å²) in [5.74, 6) is 1.25. The molecule has 1 fully saturated rings. The average Bonchev–Trinajstić information content (AvgIpc) is 2.63. The number of rotatable bonds is 6. The van der Waals surface area contributed by atoms with E-state index < -0.39 is 0 Å². The van der Waals surface area contributed by atoms with Gasteiger partial charge < -0.3 is 4.74 Å². The largest absolute Gasteiger partial charge is 0.463 e. The lowest BCUT2D eigenvalue weighted by Gasteiger charge is -2.08. The Labute approximate surface area is 100 Å². The van der Waals surface area contributed by atoms with Gasteiger partial charge in [-0.05, 0) is 33.1 Å². The zero-order valence-electron chi connectivity index (χ0n) is 9.53. The minimum atomic E-state index is -0.0431. The number of hydrogen-bond donors (Lipinski definition) is 0. The summed E-state index contributed by atoms with van der Waals surface area (Å²) >= 11 is 0. The number of unbranched alkanes of at least 4 members (excludes halogenated alkanes) is 1. The van der Waals surface area contributed by atoms with E-state index in [4.69, 9.17) is 4.74 Å². The van der Waals surface area contributed by atoms with Gasteiger partial charge in [-0.3, -0.25) is 4.79 Å². The fraction of sp³-hybridized carbons (Fsp3) is 0.909. The lowest BCUT2D eigenvalue weighted by atomic mass is 10.1. The quantitative estimate of drug-likeness (QED) is 0.407. The predicted octanol–water partition coefficient (Wildman–Crippen LogP) is 3.65. The molecule has 0 spiro atoms. The van der Waals surface area contributed by atoms with Crippen molar-refractivity contribution in [1.82, 2.24) is 0 Å². The standard InChI is InChI=1S/C11H20O2S2/c1-9(2)13-11(12)6-4-3-5-10-7-8-14-15-10/h9-10H,3-8H2,1-2H3. The number of ether oxygens (including phenoxy) is 1. The molecular weight excluding hydrogens is 228 g/mol. The molecule has 88 valence electrons. The van der Waals surface area contributed by atoms with E-state index in [1.165, 1.54) is 18.6 Å². The van der Waals surface area contributed by atoms with Crippen molar-refractivity contribution in [1.29, 1.82) is 0 Å². The molecule has 0 aromatic heterocycles. The summed E-state index contributed by atoms with van der Waals surface area (Å²) in [6.07, 6.45) is 5.35. The van der Waals surface area contributed by atoms with E-state index in [0.29, 0.717) is 6.42 Å². The molecule has 1 heterocycles. The van der Waals surface area contributed by atoms with Crippen LogP contribution in [0.25, 0.3) is 0 Å². The van der Waals surface area contributed by atoms with E-state index in [9.17, 15) is 4.79 Å². The van der Waals surface area contributed by atoms with Crippen LogP contribution in [-0.4, -0.2) is 23.1 Å². The molecule has 0 N–H and O–H groups in total. The van der Waals surface area contributed by atoms with Crippen LogP contribution < -0.4 is 0 Å². The van der Waals surface area contributed by atoms with Gasteiger partial charge >= 0.3 is 5.97 Å². The van der Waals surface area contributed by atoms with Gasteiger partial charge in [-0.2, -0.15) is 0 Å². The molecule has 0 aromatic rings. The molecule has 1 atom stereocenters. The van der Waals surface area contributed by atoms with Gasteiger partial charge in [0.25, 0.3) is 0 Å². The van der Waals surface area contributed by atoms with Crippen molar-refractivity contribution < 1.29 is 9.53 Å². The lowest BCUT2D eigenvalue weighted by Crippen LogP contribution is -2.11. The SMILES string of the molecule is CC(C)OC(=O)CCCCC1CCSS1. The zero-order valence-corrected chi connectivity index (χ0v) is 11.2. The first-order valence-electron chi connectivity index (χ1n) is 5.66. The fourth-order valence-corrected chi connectivity index (χ4v) is 4.56. The van der Waals surface area contributed by atoms with Crippen LogP contribution >= 0.6 is 21.6 Å². The first kappa shape index (κ1) is 13.2. The van der Waals surface area contributed by atoms with Gasteiger partial charge in [-0.25, -0.2) is 0 Å². The summed E-state index contributed by atoms with van der Waals surface area (Å²) in [6, 6.07) is 0. The smallest absolute Gasteiger partial charge is 0.306 e. The van der Waals surface area contributed by atoms with Crippen molar-refractivity contribution in [3.63, 3.8) is 0 Å². The Morgan fingerprint density at radius 1 is 1.47 bits per heavy atom. The number of esters is 1. The molecule has 0 aliphatic carbocycles. The van der Waals surface area contributed by atoms with Crippen LogP contribution in [0, 0.1) is 0 Å². The third-order valence-electron chi connectivity index (χ3n) is 2.25. The van der Waals surface area contributed by atoms with Gasteiger partial charge in [-0.15, -0.1) is 0 Å². The van der Waals surface area contributed by atoms with E-state index in [1.807, 2.05) is 35.4 Å². The van der Waals surface area contributed by atoms with Gasteiger partial charge in [0.15, 0.2) is 0 Å². The Balaban J connectivity index is 1.94. The molecule has 1 unspecified atom stereocenters. The van der Waals surface area contributed by atoms with Crippen LogP contribution in [0.5, 0.6) is 0 Å². The highest BCUT2D eigenvalue weighted by Gasteiger charge is 2.15. The average molecular weight is 248 g/mol. The van der Waals surface area contributed by atoms with Gasteiger partial charge in [0, 0.05) is 17.4 Å². The Bertz CT molecular complexity index is 189. The lowest BCUT2D eigenvalue weighted by molar-refractivity contribution is -0.147. The van der Waals surface area contributed by atoms with Crippen molar-refractivity contribution in [3.8, 4) is 0 Å². The summed E-state index contributed by atoms with van der Waals surface area (Å²) < 4.78 is 5.07. The minimum Gasteiger partial charge on any atom is -0.463 e. The van der Waals surface area contributed by atoms with E-state index in [2.05, 4.69) is 0 Å². The van der Waals surface area contributed by atoms with Crippen molar-refractivity contribution in [2.75, 3.05) is 5.75 Å². The zero-order chi connectivity index (χ0) is 11.1. The molecule has 0 saturated carbocycles. The van der Waals surface area contributed by atoms with Gasteiger partial charge in [0.1, 0.15) is 0 Å². The molecule has 0 radical (unpaired) electrons. The molecule has 1 aliphatic rings. The maximum atomic E-state index is 11.2. The Morgan fingerprint density at radius 3 is 2.87 bits per heavy atom. The second kappa shape index (κ2) is 7.44. The van der Waals surface area contributed by atoms with Crippen LogP contribution in [0.3, 0.4) is 0 Å². The normalized spacial score (nSPS) is 20.9. The molecule has 15 heavy (non-hydrogen) atoms. The topological polar surface area (TPSA) is 26.3 Å². The van der Waals surface area contributed by atoms with Crippen LogP contribution in [0.15, 0.2) is 0 Å². The third-order valence-corrected chi connectivity index (χ3v) is 5.26. The van der Waals surface area contributed by atoms with E-state index in [0.717, 1.165) is 18.1 Å². The summed E-state index contributed by atoms with van der Waals surface area (Å²) in [5, 5.41) is 0.830. The van der Waals surface area contributed by atoms with Gasteiger partial charge in [0.05, 0.1) is 6.10 Å². The van der Waals surface area contributed by atoms with Crippen molar-refractivity contribution in [2.45, 2.75) is 57.3 Å². The third kappa shape index (κ3) is 6.36. The highest BCUT2D eigenvalue weighted by atomic mass is 33.1. The second-order valence-corrected chi connectivity index (χ2v) is 6.90. The Morgan fingerprint density at radius 2 is 2.27 bits per heavy atom. The van der Waals surface area contributed by atoms with Gasteiger partial charge in [-0.1, -0.05) is 28.0 Å². The maximum absolute atomic E-state index is 11.2. The Hall–Kier alpha value is 0.170. The molecule has 2 nitrogen and oxygen atoms in total. The highest BCUT2D eigenvalue weighted by Crippen LogP contribution is 2.39. The summed E-state index contributed by atoms with van der Waals surface area (Å²) in [6.45, 7) is 3.79. The maximum Gasteiger partial charge on any atom is 0.306 e. The monoisotopic (exact) mass is 248 g/mol. The van der Waals surface area contributed by atoms with E-state index in [-0.39, 0.29) is 12.1 Å². The number of hydrogen-bond acceptors (Lipinski definition) is 4. The van der Waals surface area contributed by atoms with Crippen LogP contribution in [-0.2, 0) is 9.53 Å². The van der Waals surface area contributed by atoms with Gasteiger partial charge in [0.2, 0.25) is 0 Å². The first-order chi connectivity index (χ1) is 7.18. The van der Waals surface area contributed by atoms with Crippen molar-refractivity contribution in [2.24, 2.45) is 0 Å². The fourth-order valence-electron chi connectivity index (χ4n) is 1.53. The van der Waals surface area contributed by atoms with Crippen LogP contribution in [0.4, 0.5) is 0 Å². The van der Waals surface area contributed by atoms with Crippen molar-refractivity contribution in [3.05, 3.63) is 0 Å².